The zero-order valence-electron chi connectivity index (χ0n) is 6.03. The van der Waals surface area contributed by atoms with Crippen LogP contribution in [0.1, 0.15) is 0 Å². The van der Waals surface area contributed by atoms with E-state index >= 15 is 0 Å². The second-order valence-electron chi connectivity index (χ2n) is 2.35. The van der Waals surface area contributed by atoms with E-state index in [0.29, 0.717) is 9.99 Å². The summed E-state index contributed by atoms with van der Waals surface area (Å²) in [5, 5.41) is 9.30. The molecule has 0 fully saturated rings. The van der Waals surface area contributed by atoms with Gasteiger partial charge in [0, 0.05) is 18.5 Å². The monoisotopic (exact) mass is 224 g/mol. The minimum atomic E-state index is 0.183. The number of hydrogen-bond acceptors (Lipinski definition) is 3. The molecular formula is C8H5BrN2O. The molecule has 1 N–H and O–H groups in total. The minimum Gasteiger partial charge on any atom is -0.507 e. The van der Waals surface area contributed by atoms with E-state index < -0.39 is 0 Å². The maximum absolute atomic E-state index is 9.30. The molecular weight excluding hydrogens is 220 g/mol. The second kappa shape index (κ2) is 2.71. The van der Waals surface area contributed by atoms with Crippen molar-refractivity contribution in [3.8, 4) is 5.75 Å². The number of nitrogens with zero attached hydrogens (tertiary/aromatic N) is 2. The minimum absolute atomic E-state index is 0.183. The fraction of sp³-hybridized carbons (Fsp3) is 0. The van der Waals surface area contributed by atoms with Crippen LogP contribution in [0.5, 0.6) is 5.75 Å². The molecule has 0 radical (unpaired) electrons. The van der Waals surface area contributed by atoms with Crippen molar-refractivity contribution in [1.29, 1.82) is 0 Å². The number of hydrogen-bond donors (Lipinski definition) is 1. The van der Waals surface area contributed by atoms with Crippen molar-refractivity contribution < 1.29 is 5.11 Å². The molecule has 2 rings (SSSR count). The summed E-state index contributed by atoms with van der Waals surface area (Å²) in [7, 11) is 0. The molecule has 60 valence electrons. The van der Waals surface area contributed by atoms with Gasteiger partial charge in [-0.3, -0.25) is 9.97 Å². The van der Waals surface area contributed by atoms with Gasteiger partial charge in [-0.05, 0) is 22.0 Å². The Labute approximate surface area is 77.2 Å². The molecule has 0 saturated heterocycles. The molecule has 1 aromatic carbocycles. The maximum atomic E-state index is 9.30. The van der Waals surface area contributed by atoms with Gasteiger partial charge in [-0.2, -0.15) is 0 Å². The van der Waals surface area contributed by atoms with Crippen molar-refractivity contribution in [3.05, 3.63) is 29.0 Å². The van der Waals surface area contributed by atoms with Gasteiger partial charge in [0.2, 0.25) is 0 Å². The lowest BCUT2D eigenvalue weighted by atomic mass is 10.3. The van der Waals surface area contributed by atoms with Gasteiger partial charge in [0.1, 0.15) is 5.75 Å². The first kappa shape index (κ1) is 7.49. The second-order valence-corrected chi connectivity index (χ2v) is 3.20. The third-order valence-electron chi connectivity index (χ3n) is 1.54. The third kappa shape index (κ3) is 1.14. The van der Waals surface area contributed by atoms with Gasteiger partial charge >= 0.3 is 0 Å². The predicted octanol–water partition coefficient (Wildman–Crippen LogP) is 2.10. The van der Waals surface area contributed by atoms with Gasteiger partial charge in [-0.25, -0.2) is 0 Å². The summed E-state index contributed by atoms with van der Waals surface area (Å²) in [6.07, 6.45) is 3.21. The van der Waals surface area contributed by atoms with E-state index in [1.54, 1.807) is 24.5 Å². The predicted molar refractivity (Wildman–Crippen MR) is 48.9 cm³/mol. The van der Waals surface area contributed by atoms with Crippen LogP contribution < -0.4 is 0 Å². The number of phenolic OH excluding ortho intramolecular Hbond substituents is 1. The van der Waals surface area contributed by atoms with Crippen molar-refractivity contribution in [2.75, 3.05) is 0 Å². The van der Waals surface area contributed by atoms with Crippen LogP contribution in [0, 0.1) is 0 Å². The lowest BCUT2D eigenvalue weighted by Gasteiger charge is -1.98. The molecule has 0 saturated carbocycles. The summed E-state index contributed by atoms with van der Waals surface area (Å²) in [5.74, 6) is 0.183. The fourth-order valence-electron chi connectivity index (χ4n) is 0.974. The van der Waals surface area contributed by atoms with Gasteiger partial charge in [0.25, 0.3) is 0 Å². The number of halogens is 1. The molecule has 0 bridgehead atoms. The highest BCUT2D eigenvalue weighted by atomic mass is 79.9. The molecule has 3 nitrogen and oxygen atoms in total. The summed E-state index contributed by atoms with van der Waals surface area (Å²) in [6, 6.07) is 3.31. The SMILES string of the molecule is Oc1cc2nccnc2cc1Br. The third-order valence-corrected chi connectivity index (χ3v) is 2.17. The normalized spacial score (nSPS) is 10.4. The Balaban J connectivity index is 2.84. The van der Waals surface area contributed by atoms with E-state index in [1.807, 2.05) is 0 Å². The standard InChI is InChI=1S/C8H5BrN2O/c9-5-3-6-7(4-8(5)12)11-2-1-10-6/h1-4,12H. The lowest BCUT2D eigenvalue weighted by Crippen LogP contribution is -1.81. The molecule has 0 unspecified atom stereocenters. The van der Waals surface area contributed by atoms with Crippen molar-refractivity contribution in [3.63, 3.8) is 0 Å². The highest BCUT2D eigenvalue weighted by Crippen LogP contribution is 2.26. The Morgan fingerprint density at radius 1 is 1.08 bits per heavy atom. The Morgan fingerprint density at radius 3 is 2.33 bits per heavy atom. The van der Waals surface area contributed by atoms with Gasteiger partial charge < -0.3 is 5.11 Å². The molecule has 2 aromatic rings. The zero-order chi connectivity index (χ0) is 8.55. The largest absolute Gasteiger partial charge is 0.507 e. The van der Waals surface area contributed by atoms with Crippen molar-refractivity contribution in [2.45, 2.75) is 0 Å². The van der Waals surface area contributed by atoms with Gasteiger partial charge in [0.15, 0.2) is 0 Å². The number of rotatable bonds is 0. The van der Waals surface area contributed by atoms with E-state index in [1.165, 1.54) is 0 Å². The molecule has 0 aliphatic rings. The Morgan fingerprint density at radius 2 is 1.67 bits per heavy atom. The average Bonchev–Trinajstić information content (AvgIpc) is 2.07. The molecule has 0 spiro atoms. The summed E-state index contributed by atoms with van der Waals surface area (Å²) in [6.45, 7) is 0. The number of phenols is 1. The molecule has 4 heteroatoms. The molecule has 0 amide bonds. The molecule has 12 heavy (non-hydrogen) atoms. The van der Waals surface area contributed by atoms with Crippen LogP contribution in [0.3, 0.4) is 0 Å². The molecule has 0 atom stereocenters. The van der Waals surface area contributed by atoms with Gasteiger partial charge in [-0.1, -0.05) is 0 Å². The van der Waals surface area contributed by atoms with Crippen LogP contribution >= 0.6 is 15.9 Å². The van der Waals surface area contributed by atoms with Crippen LogP contribution in [0.25, 0.3) is 11.0 Å². The Bertz CT molecular complexity index is 390. The van der Waals surface area contributed by atoms with Crippen LogP contribution in [0.2, 0.25) is 0 Å². The summed E-state index contributed by atoms with van der Waals surface area (Å²) < 4.78 is 0.635. The van der Waals surface area contributed by atoms with Crippen molar-refractivity contribution in [1.82, 2.24) is 9.97 Å². The maximum Gasteiger partial charge on any atom is 0.132 e. The highest BCUT2D eigenvalue weighted by molar-refractivity contribution is 9.10. The van der Waals surface area contributed by atoms with E-state index in [4.69, 9.17) is 0 Å². The highest BCUT2D eigenvalue weighted by Gasteiger charge is 2.01. The first-order chi connectivity index (χ1) is 5.77. The summed E-state index contributed by atoms with van der Waals surface area (Å²) >= 11 is 3.20. The Kier molecular flexibility index (Phi) is 1.69. The van der Waals surface area contributed by atoms with Crippen LogP contribution in [0.4, 0.5) is 0 Å². The smallest absolute Gasteiger partial charge is 0.132 e. The number of benzene rings is 1. The molecule has 0 aliphatic heterocycles. The van der Waals surface area contributed by atoms with Crippen LogP contribution in [0.15, 0.2) is 29.0 Å². The van der Waals surface area contributed by atoms with E-state index in [0.717, 1.165) is 5.52 Å². The van der Waals surface area contributed by atoms with Gasteiger partial charge in [0.05, 0.1) is 15.5 Å². The number of aromatic hydroxyl groups is 1. The van der Waals surface area contributed by atoms with Crippen molar-refractivity contribution >= 4 is 27.0 Å². The van der Waals surface area contributed by atoms with E-state index in [9.17, 15) is 5.11 Å². The quantitative estimate of drug-likeness (QED) is 0.746. The zero-order valence-corrected chi connectivity index (χ0v) is 7.62. The summed E-state index contributed by atoms with van der Waals surface area (Å²) in [5.41, 5.74) is 1.46. The summed E-state index contributed by atoms with van der Waals surface area (Å²) in [4.78, 5) is 8.12. The number of aromatic nitrogens is 2. The van der Waals surface area contributed by atoms with Gasteiger partial charge in [-0.15, -0.1) is 0 Å². The number of fused-ring (bicyclic) bond motifs is 1. The molecule has 1 heterocycles. The topological polar surface area (TPSA) is 46.0 Å². The first-order valence-electron chi connectivity index (χ1n) is 3.36. The average molecular weight is 225 g/mol. The van der Waals surface area contributed by atoms with E-state index in [2.05, 4.69) is 25.9 Å². The first-order valence-corrected chi connectivity index (χ1v) is 4.16. The van der Waals surface area contributed by atoms with Crippen molar-refractivity contribution in [2.24, 2.45) is 0 Å². The Hall–Kier alpha value is -1.16. The fourth-order valence-corrected chi connectivity index (χ4v) is 1.31. The van der Waals surface area contributed by atoms with Crippen LogP contribution in [-0.4, -0.2) is 15.1 Å². The molecule has 0 aliphatic carbocycles. The van der Waals surface area contributed by atoms with Crippen LogP contribution in [-0.2, 0) is 0 Å². The molecule has 1 aromatic heterocycles. The lowest BCUT2D eigenvalue weighted by molar-refractivity contribution is 0.472. The van der Waals surface area contributed by atoms with E-state index in [-0.39, 0.29) is 5.75 Å².